The predicted molar refractivity (Wildman–Crippen MR) is 63.5 cm³/mol. The van der Waals surface area contributed by atoms with E-state index in [2.05, 4.69) is 15.3 Å². The Balaban J connectivity index is 2.11. The zero-order valence-electron chi connectivity index (χ0n) is 8.88. The lowest BCUT2D eigenvalue weighted by molar-refractivity contribution is 0.234. The van der Waals surface area contributed by atoms with Crippen molar-refractivity contribution in [2.45, 2.75) is 0 Å². The topological polar surface area (TPSA) is 93.9 Å². The minimum absolute atomic E-state index is 0.0922. The molecule has 0 radical (unpaired) electrons. The Morgan fingerprint density at radius 1 is 1.24 bits per heavy atom. The molecule has 6 nitrogen and oxygen atoms in total. The molecule has 0 spiro atoms. The van der Waals surface area contributed by atoms with E-state index in [9.17, 15) is 0 Å². The van der Waals surface area contributed by atoms with Crippen molar-refractivity contribution >= 4 is 17.3 Å². The van der Waals surface area contributed by atoms with Crippen LogP contribution in [0.2, 0.25) is 0 Å². The summed E-state index contributed by atoms with van der Waals surface area (Å²) in [6.07, 6.45) is 4.87. The van der Waals surface area contributed by atoms with Gasteiger partial charge in [0, 0.05) is 18.0 Å². The highest BCUT2D eigenvalue weighted by molar-refractivity contribution is 5.95. The molecule has 2 rings (SSSR count). The van der Waals surface area contributed by atoms with Crippen molar-refractivity contribution in [2.24, 2.45) is 0 Å². The molecule has 0 bridgehead atoms. The van der Waals surface area contributed by atoms with Crippen molar-refractivity contribution in [3.05, 3.63) is 48.4 Å². The first-order chi connectivity index (χ1) is 8.29. The molecule has 2 aromatic heterocycles. The highest BCUT2D eigenvalue weighted by Crippen LogP contribution is 2.12. The Bertz CT molecular complexity index is 497. The fraction of sp³-hybridized carbons (Fsp3) is 0. The summed E-state index contributed by atoms with van der Waals surface area (Å²) in [5.74, 6) is 0.554. The van der Waals surface area contributed by atoms with Gasteiger partial charge in [0.1, 0.15) is 5.82 Å². The van der Waals surface area contributed by atoms with Gasteiger partial charge >= 0.3 is 0 Å². The fourth-order valence-corrected chi connectivity index (χ4v) is 1.26. The molecule has 0 saturated carbocycles. The molecule has 2 aromatic rings. The second-order valence-electron chi connectivity index (χ2n) is 3.29. The van der Waals surface area contributed by atoms with Crippen LogP contribution in [0.1, 0.15) is 5.56 Å². The maximum atomic E-state index is 8.57. The number of nitrogens with one attached hydrogen (secondary N) is 3. The van der Waals surface area contributed by atoms with Gasteiger partial charge in [0.15, 0.2) is 5.84 Å². The maximum Gasteiger partial charge on any atom is 0.150 e. The van der Waals surface area contributed by atoms with Crippen molar-refractivity contribution in [1.82, 2.24) is 15.4 Å². The van der Waals surface area contributed by atoms with Gasteiger partial charge in [-0.25, -0.2) is 4.98 Å². The third-order valence-corrected chi connectivity index (χ3v) is 2.10. The standard InChI is InChI=1S/C11H11N5O/c12-11(16-17)8-3-4-10(14-6-8)15-9-2-1-5-13-7-9/h1-7,17H,(H2,12,16)(H,14,15). The number of rotatable bonds is 3. The smallest absolute Gasteiger partial charge is 0.150 e. The van der Waals surface area contributed by atoms with E-state index in [1.165, 1.54) is 6.20 Å². The summed E-state index contributed by atoms with van der Waals surface area (Å²) in [6.45, 7) is 0. The summed E-state index contributed by atoms with van der Waals surface area (Å²) >= 11 is 0. The van der Waals surface area contributed by atoms with Crippen LogP contribution in [0, 0.1) is 5.41 Å². The van der Waals surface area contributed by atoms with Crippen LogP contribution in [0.3, 0.4) is 0 Å². The molecule has 0 saturated heterocycles. The van der Waals surface area contributed by atoms with Gasteiger partial charge in [0.05, 0.1) is 11.9 Å². The Kier molecular flexibility index (Phi) is 3.27. The first-order valence-electron chi connectivity index (χ1n) is 4.92. The van der Waals surface area contributed by atoms with Crippen LogP contribution in [0.15, 0.2) is 42.9 Å². The Morgan fingerprint density at radius 2 is 2.12 bits per heavy atom. The average Bonchev–Trinajstić information content (AvgIpc) is 2.40. The lowest BCUT2D eigenvalue weighted by Crippen LogP contribution is -2.18. The second kappa shape index (κ2) is 5.04. The van der Waals surface area contributed by atoms with E-state index in [0.717, 1.165) is 5.69 Å². The number of hydroxylamine groups is 1. The van der Waals surface area contributed by atoms with Crippen molar-refractivity contribution < 1.29 is 5.21 Å². The third-order valence-electron chi connectivity index (χ3n) is 2.10. The van der Waals surface area contributed by atoms with Crippen LogP contribution in [0.25, 0.3) is 0 Å². The summed E-state index contributed by atoms with van der Waals surface area (Å²) in [5.41, 5.74) is 3.10. The lowest BCUT2D eigenvalue weighted by Gasteiger charge is -2.06. The van der Waals surface area contributed by atoms with Gasteiger partial charge in [0.25, 0.3) is 0 Å². The molecule has 0 aliphatic heterocycles. The Labute approximate surface area is 97.8 Å². The summed E-state index contributed by atoms with van der Waals surface area (Å²) in [6, 6.07) is 7.09. The number of pyridine rings is 2. The molecule has 0 aliphatic carbocycles. The van der Waals surface area contributed by atoms with Crippen LogP contribution >= 0.6 is 0 Å². The minimum Gasteiger partial charge on any atom is -0.339 e. The first-order valence-corrected chi connectivity index (χ1v) is 4.92. The number of amidine groups is 1. The third kappa shape index (κ3) is 2.76. The molecule has 6 heteroatoms. The van der Waals surface area contributed by atoms with Gasteiger partial charge in [-0.2, -0.15) is 0 Å². The van der Waals surface area contributed by atoms with Gasteiger partial charge in [-0.05, 0) is 24.3 Å². The molecular weight excluding hydrogens is 218 g/mol. The van der Waals surface area contributed by atoms with Crippen LogP contribution in [0.4, 0.5) is 11.5 Å². The normalized spacial score (nSPS) is 9.71. The number of hydrogen-bond donors (Lipinski definition) is 4. The SMILES string of the molecule is N=C(NO)c1ccc(Nc2cccnc2)nc1. The van der Waals surface area contributed by atoms with E-state index >= 15 is 0 Å². The van der Waals surface area contributed by atoms with Crippen molar-refractivity contribution in [3.63, 3.8) is 0 Å². The van der Waals surface area contributed by atoms with E-state index in [0.29, 0.717) is 11.4 Å². The van der Waals surface area contributed by atoms with Gasteiger partial charge in [-0.1, -0.05) is 0 Å². The van der Waals surface area contributed by atoms with Crippen molar-refractivity contribution in [3.8, 4) is 0 Å². The van der Waals surface area contributed by atoms with E-state index < -0.39 is 0 Å². The molecule has 0 amide bonds. The van der Waals surface area contributed by atoms with Gasteiger partial charge < -0.3 is 5.32 Å². The minimum atomic E-state index is -0.0922. The zero-order chi connectivity index (χ0) is 12.1. The van der Waals surface area contributed by atoms with Crippen LogP contribution in [-0.2, 0) is 0 Å². The molecule has 0 aliphatic rings. The second-order valence-corrected chi connectivity index (χ2v) is 3.29. The zero-order valence-corrected chi connectivity index (χ0v) is 8.88. The summed E-state index contributed by atoms with van der Waals surface area (Å²) < 4.78 is 0. The molecule has 4 N–H and O–H groups in total. The Morgan fingerprint density at radius 3 is 2.71 bits per heavy atom. The molecule has 86 valence electrons. The average molecular weight is 229 g/mol. The molecule has 2 heterocycles. The quantitative estimate of drug-likeness (QED) is 0.364. The molecule has 0 aromatic carbocycles. The lowest BCUT2D eigenvalue weighted by atomic mass is 10.2. The summed E-state index contributed by atoms with van der Waals surface area (Å²) in [7, 11) is 0. The highest BCUT2D eigenvalue weighted by atomic mass is 16.5. The number of hydrogen-bond acceptors (Lipinski definition) is 5. The maximum absolute atomic E-state index is 8.57. The van der Waals surface area contributed by atoms with Gasteiger partial charge in [0.2, 0.25) is 0 Å². The summed E-state index contributed by atoms with van der Waals surface area (Å²) in [5, 5.41) is 19.0. The molecule has 0 unspecified atom stereocenters. The number of nitrogens with zero attached hydrogens (tertiary/aromatic N) is 2. The van der Waals surface area contributed by atoms with E-state index in [1.807, 2.05) is 12.1 Å². The molecule has 0 fully saturated rings. The predicted octanol–water partition coefficient (Wildman–Crippen LogP) is 1.52. The summed E-state index contributed by atoms with van der Waals surface area (Å²) in [4.78, 5) is 8.08. The van der Waals surface area contributed by atoms with Gasteiger partial charge in [-0.15, -0.1) is 0 Å². The Hall–Kier alpha value is -2.47. The van der Waals surface area contributed by atoms with Crippen LogP contribution in [-0.4, -0.2) is 21.0 Å². The van der Waals surface area contributed by atoms with E-state index in [1.54, 1.807) is 30.0 Å². The monoisotopic (exact) mass is 229 g/mol. The van der Waals surface area contributed by atoms with E-state index in [-0.39, 0.29) is 5.84 Å². The van der Waals surface area contributed by atoms with Crippen molar-refractivity contribution in [2.75, 3.05) is 5.32 Å². The molecular formula is C11H11N5O. The van der Waals surface area contributed by atoms with Gasteiger partial charge in [-0.3, -0.25) is 21.1 Å². The van der Waals surface area contributed by atoms with E-state index in [4.69, 9.17) is 10.6 Å². The molecule has 17 heavy (non-hydrogen) atoms. The van der Waals surface area contributed by atoms with Crippen molar-refractivity contribution in [1.29, 1.82) is 5.41 Å². The largest absolute Gasteiger partial charge is 0.339 e. The highest BCUT2D eigenvalue weighted by Gasteiger charge is 2.00. The fourth-order valence-electron chi connectivity index (χ4n) is 1.26. The molecule has 0 atom stereocenters. The number of anilines is 2. The number of aromatic nitrogens is 2. The van der Waals surface area contributed by atoms with Crippen LogP contribution < -0.4 is 10.8 Å². The first kappa shape index (κ1) is 11.0. The van der Waals surface area contributed by atoms with Crippen LogP contribution in [0.5, 0.6) is 0 Å².